The van der Waals surface area contributed by atoms with Crippen molar-refractivity contribution in [3.05, 3.63) is 18.1 Å². The molecule has 4 atom stereocenters. The van der Waals surface area contributed by atoms with Crippen LogP contribution in [0.5, 0.6) is 0 Å². The Morgan fingerprint density at radius 1 is 1.48 bits per heavy atom. The number of ether oxygens (including phenoxy) is 1. The van der Waals surface area contributed by atoms with E-state index in [1.54, 1.807) is 10.8 Å². The Hall–Kier alpha value is -1.74. The molecule has 1 saturated heterocycles. The minimum atomic E-state index is -1.56. The number of aliphatic hydroxyl groups is 3. The van der Waals surface area contributed by atoms with E-state index in [4.69, 9.17) is 10.5 Å². The molecule has 0 amide bonds. The Balaban J connectivity index is 2.15. The average Bonchev–Trinajstić information content (AvgIpc) is 2.87. The van der Waals surface area contributed by atoms with Crippen molar-refractivity contribution in [3.8, 4) is 0 Å². The van der Waals surface area contributed by atoms with Gasteiger partial charge in [0.25, 0.3) is 0 Å². The van der Waals surface area contributed by atoms with E-state index in [1.807, 2.05) is 6.92 Å². The molecule has 0 saturated carbocycles. The molecule has 0 bridgehead atoms. The van der Waals surface area contributed by atoms with Gasteiger partial charge in [-0.3, -0.25) is 0 Å². The van der Waals surface area contributed by atoms with Crippen LogP contribution in [0.3, 0.4) is 0 Å². The lowest BCUT2D eigenvalue weighted by Gasteiger charge is -2.27. The molecule has 114 valence electrons. The lowest BCUT2D eigenvalue weighted by molar-refractivity contribution is -0.0948. The number of nitrogen functional groups attached to an aromatic ring is 1. The van der Waals surface area contributed by atoms with Crippen molar-refractivity contribution in [2.24, 2.45) is 0 Å². The summed E-state index contributed by atoms with van der Waals surface area (Å²) >= 11 is 0. The summed E-state index contributed by atoms with van der Waals surface area (Å²) in [5, 5.41) is 30.5. The smallest absolute Gasteiger partial charge is 0.167 e. The number of rotatable bonds is 2. The first kappa shape index (κ1) is 14.2. The minimum Gasteiger partial charge on any atom is -0.394 e. The topological polar surface area (TPSA) is 127 Å². The number of aryl methyl sites for hydroxylation is 1. The van der Waals surface area contributed by atoms with Gasteiger partial charge < -0.3 is 30.4 Å². The molecule has 2 aromatic heterocycles. The second kappa shape index (κ2) is 4.63. The average molecular weight is 294 g/mol. The van der Waals surface area contributed by atoms with Crippen molar-refractivity contribution >= 4 is 16.9 Å². The number of nitrogens with two attached hydrogens (primary N) is 1. The molecule has 0 aliphatic carbocycles. The maximum absolute atomic E-state index is 10.5. The van der Waals surface area contributed by atoms with Crippen molar-refractivity contribution in [1.82, 2.24) is 14.5 Å². The third kappa shape index (κ3) is 1.91. The van der Waals surface area contributed by atoms with E-state index in [0.29, 0.717) is 16.9 Å². The third-order valence-electron chi connectivity index (χ3n) is 4.02. The summed E-state index contributed by atoms with van der Waals surface area (Å²) < 4.78 is 7.21. The molecule has 1 fully saturated rings. The highest BCUT2D eigenvalue weighted by molar-refractivity contribution is 5.89. The quantitative estimate of drug-likeness (QED) is 0.578. The van der Waals surface area contributed by atoms with Crippen molar-refractivity contribution in [3.63, 3.8) is 0 Å². The van der Waals surface area contributed by atoms with Crippen LogP contribution < -0.4 is 5.73 Å². The second-order valence-corrected chi connectivity index (χ2v) is 5.56. The van der Waals surface area contributed by atoms with E-state index in [2.05, 4.69) is 9.97 Å². The molecule has 8 heteroatoms. The van der Waals surface area contributed by atoms with Crippen LogP contribution in [0, 0.1) is 6.92 Å². The number of anilines is 1. The van der Waals surface area contributed by atoms with Gasteiger partial charge in [0.1, 0.15) is 35.6 Å². The lowest BCUT2D eigenvalue weighted by Crippen LogP contribution is -2.44. The van der Waals surface area contributed by atoms with Gasteiger partial charge in [-0.05, 0) is 19.4 Å². The third-order valence-corrected chi connectivity index (χ3v) is 4.02. The molecule has 1 aliphatic rings. The zero-order valence-corrected chi connectivity index (χ0v) is 11.8. The van der Waals surface area contributed by atoms with Gasteiger partial charge in [-0.15, -0.1) is 0 Å². The summed E-state index contributed by atoms with van der Waals surface area (Å²) in [6.07, 6.45) is 0.125. The predicted molar refractivity (Wildman–Crippen MR) is 74.3 cm³/mol. The van der Waals surface area contributed by atoms with Crippen LogP contribution >= 0.6 is 0 Å². The van der Waals surface area contributed by atoms with Crippen molar-refractivity contribution in [1.29, 1.82) is 0 Å². The molecule has 5 N–H and O–H groups in total. The van der Waals surface area contributed by atoms with Gasteiger partial charge in [-0.25, -0.2) is 9.97 Å². The van der Waals surface area contributed by atoms with Gasteiger partial charge >= 0.3 is 0 Å². The highest BCUT2D eigenvalue weighted by Crippen LogP contribution is 2.40. The van der Waals surface area contributed by atoms with Crippen LogP contribution in [-0.4, -0.2) is 54.3 Å². The lowest BCUT2D eigenvalue weighted by atomic mass is 9.96. The van der Waals surface area contributed by atoms with Gasteiger partial charge in [0.2, 0.25) is 0 Å². The fraction of sp³-hybridized carbons (Fsp3) is 0.538. The number of aliphatic hydroxyl groups excluding tert-OH is 2. The molecule has 2 aromatic rings. The molecule has 3 heterocycles. The summed E-state index contributed by atoms with van der Waals surface area (Å²) in [6.45, 7) is 2.93. The Labute approximate surface area is 120 Å². The van der Waals surface area contributed by atoms with Gasteiger partial charge in [0.15, 0.2) is 6.23 Å². The molecule has 21 heavy (non-hydrogen) atoms. The standard InChI is InChI=1S/C13H18N4O4/c1-6-3-17(11-8(6)10(14)15-5-16-11)12-13(2,20)9(19)7(4-18)21-12/h3,5,7,9,12,18-20H,4H2,1-2H3,(H2,14,15,16)/t7-,9-,12-,13-/m1/s1. The number of hydrogen-bond donors (Lipinski definition) is 4. The monoisotopic (exact) mass is 294 g/mol. The van der Waals surface area contributed by atoms with Crippen LogP contribution in [0.2, 0.25) is 0 Å². The summed E-state index contributed by atoms with van der Waals surface area (Å²) in [6, 6.07) is 0. The zero-order chi connectivity index (χ0) is 15.4. The predicted octanol–water partition coefficient (Wildman–Crippen LogP) is -0.676. The van der Waals surface area contributed by atoms with Gasteiger partial charge in [0.05, 0.1) is 12.0 Å². The summed E-state index contributed by atoms with van der Waals surface area (Å²) in [5.41, 5.74) is 5.64. The number of hydrogen-bond acceptors (Lipinski definition) is 7. The van der Waals surface area contributed by atoms with E-state index in [1.165, 1.54) is 13.3 Å². The Bertz CT molecular complexity index is 684. The van der Waals surface area contributed by atoms with E-state index in [9.17, 15) is 15.3 Å². The maximum Gasteiger partial charge on any atom is 0.167 e. The van der Waals surface area contributed by atoms with E-state index in [0.717, 1.165) is 5.56 Å². The van der Waals surface area contributed by atoms with Crippen molar-refractivity contribution in [2.45, 2.75) is 37.9 Å². The fourth-order valence-corrected chi connectivity index (χ4v) is 2.87. The first-order valence-corrected chi connectivity index (χ1v) is 6.62. The second-order valence-electron chi connectivity index (χ2n) is 5.56. The highest BCUT2D eigenvalue weighted by Gasteiger charge is 2.53. The summed E-state index contributed by atoms with van der Waals surface area (Å²) in [5.74, 6) is 0.341. The van der Waals surface area contributed by atoms with Gasteiger partial charge in [0, 0.05) is 6.20 Å². The van der Waals surface area contributed by atoms with E-state index < -0.39 is 24.0 Å². The number of aromatic nitrogens is 3. The molecule has 0 unspecified atom stereocenters. The number of fused-ring (bicyclic) bond motifs is 1. The van der Waals surface area contributed by atoms with Crippen LogP contribution in [0.1, 0.15) is 18.7 Å². The molecular formula is C13H18N4O4. The van der Waals surface area contributed by atoms with Crippen LogP contribution in [-0.2, 0) is 4.74 Å². The fourth-order valence-electron chi connectivity index (χ4n) is 2.87. The molecule has 1 aliphatic heterocycles. The van der Waals surface area contributed by atoms with Gasteiger partial charge in [-0.2, -0.15) is 0 Å². The molecule has 0 aromatic carbocycles. The highest BCUT2D eigenvalue weighted by atomic mass is 16.6. The molecule has 8 nitrogen and oxygen atoms in total. The van der Waals surface area contributed by atoms with Gasteiger partial charge in [-0.1, -0.05) is 0 Å². The molecular weight excluding hydrogens is 276 g/mol. The van der Waals surface area contributed by atoms with Crippen LogP contribution in [0.15, 0.2) is 12.5 Å². The first-order valence-electron chi connectivity index (χ1n) is 6.62. The number of nitrogens with zero attached hydrogens (tertiary/aromatic N) is 3. The maximum atomic E-state index is 10.5. The van der Waals surface area contributed by atoms with Crippen molar-refractivity contribution < 1.29 is 20.1 Å². The normalized spacial score (nSPS) is 32.9. The van der Waals surface area contributed by atoms with E-state index in [-0.39, 0.29) is 6.61 Å². The first-order chi connectivity index (χ1) is 9.87. The molecule has 0 radical (unpaired) electrons. The Morgan fingerprint density at radius 3 is 2.81 bits per heavy atom. The van der Waals surface area contributed by atoms with Crippen LogP contribution in [0.25, 0.3) is 11.0 Å². The van der Waals surface area contributed by atoms with Crippen molar-refractivity contribution in [2.75, 3.05) is 12.3 Å². The summed E-state index contributed by atoms with van der Waals surface area (Å²) in [4.78, 5) is 8.14. The Kier molecular flexibility index (Phi) is 3.14. The minimum absolute atomic E-state index is 0.341. The molecule has 0 spiro atoms. The largest absolute Gasteiger partial charge is 0.394 e. The SMILES string of the molecule is Cc1cn([C@@H]2O[C@H](CO)[C@@H](O)[C@@]2(C)O)c2ncnc(N)c12. The zero-order valence-electron chi connectivity index (χ0n) is 11.8. The summed E-state index contributed by atoms with van der Waals surface area (Å²) in [7, 11) is 0. The van der Waals surface area contributed by atoms with E-state index >= 15 is 0 Å². The van der Waals surface area contributed by atoms with Crippen LogP contribution in [0.4, 0.5) is 5.82 Å². The molecule has 3 rings (SSSR count). The Morgan fingerprint density at radius 2 is 2.19 bits per heavy atom.